The standard InChI is InChI=1S/C32H34N2O3/c1-5-24(21-33-4)26-12-17-30-27(20-26)19-22(3)34(28-13-15-29(16-14-28)37-6-2)32(30)25-10-7-23(8-11-25)9-18-31(35)36/h5,7-18,20-22,32-33H,1,6,19H2,2-4H3,(H,35,36)/b18-9+,24-21+. The first-order chi connectivity index (χ1) is 17.9. The van der Waals surface area contributed by atoms with Crippen LogP contribution in [-0.2, 0) is 11.2 Å². The lowest BCUT2D eigenvalue weighted by atomic mass is 9.83. The predicted octanol–water partition coefficient (Wildman–Crippen LogP) is 6.47. The maximum Gasteiger partial charge on any atom is 0.328 e. The summed E-state index contributed by atoms with van der Waals surface area (Å²) in [7, 11) is 1.89. The van der Waals surface area contributed by atoms with Gasteiger partial charge in [0.2, 0.25) is 0 Å². The largest absolute Gasteiger partial charge is 0.494 e. The number of carboxylic acids is 1. The first-order valence-electron chi connectivity index (χ1n) is 12.6. The average Bonchev–Trinajstić information content (AvgIpc) is 2.90. The molecule has 2 unspecified atom stereocenters. The van der Waals surface area contributed by atoms with Gasteiger partial charge in [-0.3, -0.25) is 0 Å². The number of nitrogens with one attached hydrogen (secondary N) is 1. The molecular formula is C32H34N2O3. The number of rotatable bonds is 9. The molecular weight excluding hydrogens is 460 g/mol. The molecule has 0 saturated heterocycles. The molecule has 0 aromatic heterocycles. The third kappa shape index (κ3) is 5.78. The van der Waals surface area contributed by atoms with Crippen LogP contribution in [-0.4, -0.2) is 30.8 Å². The van der Waals surface area contributed by atoms with E-state index in [2.05, 4.69) is 66.2 Å². The van der Waals surface area contributed by atoms with Gasteiger partial charge in [-0.25, -0.2) is 4.79 Å². The van der Waals surface area contributed by atoms with E-state index in [4.69, 9.17) is 9.84 Å². The minimum atomic E-state index is -0.956. The molecule has 5 nitrogen and oxygen atoms in total. The van der Waals surface area contributed by atoms with E-state index in [1.807, 2.05) is 50.5 Å². The number of allylic oxidation sites excluding steroid dienone is 2. The Morgan fingerprint density at radius 3 is 2.49 bits per heavy atom. The zero-order valence-corrected chi connectivity index (χ0v) is 21.6. The minimum absolute atomic E-state index is 0.00343. The number of fused-ring (bicyclic) bond motifs is 1. The average molecular weight is 495 g/mol. The molecule has 2 atom stereocenters. The first-order valence-corrected chi connectivity index (χ1v) is 12.6. The van der Waals surface area contributed by atoms with E-state index in [0.29, 0.717) is 6.61 Å². The Morgan fingerprint density at radius 1 is 1.14 bits per heavy atom. The van der Waals surface area contributed by atoms with Crippen LogP contribution in [0.5, 0.6) is 5.75 Å². The summed E-state index contributed by atoms with van der Waals surface area (Å²) in [5, 5.41) is 12.1. The van der Waals surface area contributed by atoms with E-state index in [0.717, 1.165) is 46.2 Å². The molecule has 2 N–H and O–H groups in total. The Labute approximate surface area is 219 Å². The van der Waals surface area contributed by atoms with Gasteiger partial charge in [-0.2, -0.15) is 0 Å². The van der Waals surface area contributed by atoms with Crippen LogP contribution in [0.3, 0.4) is 0 Å². The highest BCUT2D eigenvalue weighted by atomic mass is 16.5. The lowest BCUT2D eigenvalue weighted by Crippen LogP contribution is -2.42. The second-order valence-electron chi connectivity index (χ2n) is 9.13. The third-order valence-corrected chi connectivity index (χ3v) is 6.68. The van der Waals surface area contributed by atoms with Crippen LogP contribution in [0.25, 0.3) is 11.6 Å². The molecule has 37 heavy (non-hydrogen) atoms. The van der Waals surface area contributed by atoms with Gasteiger partial charge < -0.3 is 20.1 Å². The van der Waals surface area contributed by atoms with Crippen molar-refractivity contribution < 1.29 is 14.6 Å². The summed E-state index contributed by atoms with van der Waals surface area (Å²) in [6.07, 6.45) is 7.53. The Bertz CT molecular complexity index is 1310. The van der Waals surface area contributed by atoms with E-state index < -0.39 is 5.97 Å². The van der Waals surface area contributed by atoms with Crippen molar-refractivity contribution in [3.8, 4) is 5.75 Å². The van der Waals surface area contributed by atoms with Crippen molar-refractivity contribution in [2.24, 2.45) is 0 Å². The van der Waals surface area contributed by atoms with Gasteiger partial charge in [-0.15, -0.1) is 0 Å². The lowest BCUT2D eigenvalue weighted by Gasteiger charge is -2.44. The molecule has 0 spiro atoms. The van der Waals surface area contributed by atoms with Gasteiger partial charge in [-0.05, 0) is 84.0 Å². The molecule has 0 saturated carbocycles. The molecule has 0 radical (unpaired) electrons. The number of ether oxygens (including phenoxy) is 1. The molecule has 1 aliphatic rings. The summed E-state index contributed by atoms with van der Waals surface area (Å²) in [6.45, 7) is 8.87. The number of aliphatic carboxylic acids is 1. The van der Waals surface area contributed by atoms with E-state index >= 15 is 0 Å². The highest BCUT2D eigenvalue weighted by molar-refractivity contribution is 5.85. The van der Waals surface area contributed by atoms with Crippen LogP contribution in [0.15, 0.2) is 91.7 Å². The van der Waals surface area contributed by atoms with Crippen molar-refractivity contribution in [2.45, 2.75) is 32.4 Å². The normalized spacial score (nSPS) is 17.4. The van der Waals surface area contributed by atoms with E-state index in [9.17, 15) is 4.79 Å². The third-order valence-electron chi connectivity index (χ3n) is 6.68. The quantitative estimate of drug-likeness (QED) is 0.264. The number of carboxylic acid groups (broad SMARTS) is 1. The van der Waals surface area contributed by atoms with Gasteiger partial charge in [0.25, 0.3) is 0 Å². The molecule has 5 heteroatoms. The fourth-order valence-corrected chi connectivity index (χ4v) is 5.05. The van der Waals surface area contributed by atoms with Gasteiger partial charge in [0.05, 0.1) is 12.6 Å². The first kappa shape index (κ1) is 25.8. The number of anilines is 1. The van der Waals surface area contributed by atoms with Gasteiger partial charge >= 0.3 is 5.97 Å². The van der Waals surface area contributed by atoms with Gasteiger partial charge in [-0.1, -0.05) is 55.1 Å². The molecule has 190 valence electrons. The lowest BCUT2D eigenvalue weighted by molar-refractivity contribution is -0.131. The van der Waals surface area contributed by atoms with Crippen LogP contribution in [0.1, 0.15) is 47.7 Å². The summed E-state index contributed by atoms with van der Waals surface area (Å²) in [6, 6.07) is 23.4. The topological polar surface area (TPSA) is 61.8 Å². The van der Waals surface area contributed by atoms with E-state index in [1.54, 1.807) is 6.08 Å². The van der Waals surface area contributed by atoms with Crippen molar-refractivity contribution in [1.29, 1.82) is 0 Å². The Morgan fingerprint density at radius 2 is 1.86 bits per heavy atom. The Kier molecular flexibility index (Phi) is 8.14. The maximum absolute atomic E-state index is 10.9. The summed E-state index contributed by atoms with van der Waals surface area (Å²) in [5.74, 6) is -0.0943. The number of hydrogen-bond acceptors (Lipinski definition) is 4. The van der Waals surface area contributed by atoms with Crippen LogP contribution in [0.4, 0.5) is 5.69 Å². The zero-order valence-electron chi connectivity index (χ0n) is 21.6. The summed E-state index contributed by atoms with van der Waals surface area (Å²) in [5.41, 5.74) is 7.90. The van der Waals surface area contributed by atoms with Crippen molar-refractivity contribution in [3.05, 3.63) is 119 Å². The Hall–Kier alpha value is -4.25. The molecule has 3 aromatic carbocycles. The van der Waals surface area contributed by atoms with Crippen molar-refractivity contribution in [1.82, 2.24) is 5.32 Å². The summed E-state index contributed by atoms with van der Waals surface area (Å²) < 4.78 is 5.68. The molecule has 1 aliphatic heterocycles. The van der Waals surface area contributed by atoms with Crippen molar-refractivity contribution in [2.75, 3.05) is 18.6 Å². The van der Waals surface area contributed by atoms with E-state index in [1.165, 1.54) is 11.1 Å². The van der Waals surface area contributed by atoms with Crippen LogP contribution < -0.4 is 15.0 Å². The SMILES string of the molecule is C=C/C(=C\NC)c1ccc2c(c1)CC(C)N(c1ccc(OCC)cc1)C2c1ccc(/C=C/C(=O)O)cc1. The monoisotopic (exact) mass is 494 g/mol. The predicted molar refractivity (Wildman–Crippen MR) is 152 cm³/mol. The van der Waals surface area contributed by atoms with E-state index in [-0.39, 0.29) is 12.1 Å². The maximum atomic E-state index is 10.9. The van der Waals surface area contributed by atoms with Crippen molar-refractivity contribution >= 4 is 23.3 Å². The number of hydrogen-bond donors (Lipinski definition) is 2. The Balaban J connectivity index is 1.81. The molecule has 0 bridgehead atoms. The van der Waals surface area contributed by atoms with Crippen LogP contribution >= 0.6 is 0 Å². The minimum Gasteiger partial charge on any atom is -0.494 e. The molecule has 4 rings (SSSR count). The molecule has 3 aromatic rings. The molecule has 1 heterocycles. The summed E-state index contributed by atoms with van der Waals surface area (Å²) >= 11 is 0. The molecule has 0 fully saturated rings. The number of nitrogens with zero attached hydrogens (tertiary/aromatic N) is 1. The second kappa shape index (κ2) is 11.7. The molecule has 0 amide bonds. The highest BCUT2D eigenvalue weighted by Gasteiger charge is 2.33. The molecule has 0 aliphatic carbocycles. The van der Waals surface area contributed by atoms with Gasteiger partial charge in [0.15, 0.2) is 0 Å². The number of benzene rings is 3. The zero-order chi connectivity index (χ0) is 26.4. The van der Waals surface area contributed by atoms with Crippen LogP contribution in [0, 0.1) is 0 Å². The second-order valence-corrected chi connectivity index (χ2v) is 9.13. The highest BCUT2D eigenvalue weighted by Crippen LogP contribution is 2.42. The van der Waals surface area contributed by atoms with Gasteiger partial charge in [0, 0.05) is 31.1 Å². The van der Waals surface area contributed by atoms with Crippen LogP contribution in [0.2, 0.25) is 0 Å². The fourth-order valence-electron chi connectivity index (χ4n) is 5.05. The van der Waals surface area contributed by atoms with Gasteiger partial charge in [0.1, 0.15) is 5.75 Å². The number of carbonyl (C=O) groups is 1. The summed E-state index contributed by atoms with van der Waals surface area (Å²) in [4.78, 5) is 13.4. The smallest absolute Gasteiger partial charge is 0.328 e. The fraction of sp³-hybridized carbons (Fsp3) is 0.219. The van der Waals surface area contributed by atoms with Crippen molar-refractivity contribution in [3.63, 3.8) is 0 Å².